The summed E-state index contributed by atoms with van der Waals surface area (Å²) in [7, 11) is 0. The van der Waals surface area contributed by atoms with E-state index >= 15 is 0 Å². The average Bonchev–Trinajstić information content (AvgIpc) is 2.97. The summed E-state index contributed by atoms with van der Waals surface area (Å²) in [6.07, 6.45) is -6.53. The Morgan fingerprint density at radius 3 is 2.04 bits per heavy atom. The van der Waals surface area contributed by atoms with Crippen molar-refractivity contribution < 1.29 is 56.0 Å². The zero-order valence-corrected chi connectivity index (χ0v) is 23.0. The van der Waals surface area contributed by atoms with Crippen LogP contribution in [0.4, 0.5) is 33.3 Å². The van der Waals surface area contributed by atoms with E-state index in [1.54, 1.807) is 0 Å². The summed E-state index contributed by atoms with van der Waals surface area (Å²) in [5.41, 5.74) is -0.494. The van der Waals surface area contributed by atoms with Gasteiger partial charge in [0.05, 0.1) is 28.1 Å². The number of nitro groups is 2. The van der Waals surface area contributed by atoms with Crippen molar-refractivity contribution in [3.05, 3.63) is 109 Å². The molecule has 0 saturated heterocycles. The van der Waals surface area contributed by atoms with E-state index in [9.17, 15) is 56.9 Å². The largest absolute Gasteiger partial charge is 0.494 e. The molecule has 16 heteroatoms. The molecule has 0 saturated carbocycles. The van der Waals surface area contributed by atoms with E-state index in [1.165, 1.54) is 60.7 Å². The van der Waals surface area contributed by atoms with Gasteiger partial charge in [0.1, 0.15) is 11.5 Å². The molecule has 0 aromatic heterocycles. The molecule has 0 aliphatic heterocycles. The monoisotopic (exact) mass is 638 g/mol. The summed E-state index contributed by atoms with van der Waals surface area (Å²) < 4.78 is 72.9. The maximum Gasteiger partial charge on any atom is 0.453 e. The van der Waals surface area contributed by atoms with E-state index in [0.29, 0.717) is 5.56 Å². The van der Waals surface area contributed by atoms with Crippen molar-refractivity contribution in [3.63, 3.8) is 0 Å². The normalized spacial score (nSPS) is 12.0. The van der Waals surface area contributed by atoms with Gasteiger partial charge in [-0.2, -0.15) is 22.0 Å². The summed E-state index contributed by atoms with van der Waals surface area (Å²) in [5.74, 6) is -6.66. The van der Waals surface area contributed by atoms with Gasteiger partial charge in [-0.3, -0.25) is 20.2 Å². The van der Waals surface area contributed by atoms with Crippen molar-refractivity contribution in [2.75, 3.05) is 6.61 Å². The highest BCUT2D eigenvalue weighted by Crippen LogP contribution is 2.38. The Hall–Kier alpha value is -5.41. The summed E-state index contributed by atoms with van der Waals surface area (Å²) in [5, 5.41) is 31.9. The first-order valence-electron chi connectivity index (χ1n) is 12.9. The number of halogens is 5. The molecule has 45 heavy (non-hydrogen) atoms. The third-order valence-electron chi connectivity index (χ3n) is 6.25. The van der Waals surface area contributed by atoms with Crippen LogP contribution in [0, 0.1) is 20.2 Å². The molecule has 0 amide bonds. The maximum absolute atomic E-state index is 12.9. The lowest BCUT2D eigenvalue weighted by molar-refractivity contribution is -0.394. The van der Waals surface area contributed by atoms with Crippen LogP contribution in [0.15, 0.2) is 72.3 Å². The number of esters is 1. The fourth-order valence-electron chi connectivity index (χ4n) is 3.87. The summed E-state index contributed by atoms with van der Waals surface area (Å²) in [6, 6.07) is 14.0. The molecule has 0 radical (unpaired) electrons. The average molecular weight is 638 g/mol. The minimum atomic E-state index is -5.64. The van der Waals surface area contributed by atoms with Crippen LogP contribution >= 0.6 is 0 Å². The van der Waals surface area contributed by atoms with Crippen LogP contribution in [0.2, 0.25) is 0 Å². The fraction of sp³-hybridized carbons (Fsp3) is 0.241. The number of non-ortho nitro benzene ring substituents is 1. The molecule has 3 aromatic carbocycles. The summed E-state index contributed by atoms with van der Waals surface area (Å²) >= 11 is 0. The second-order valence-corrected chi connectivity index (χ2v) is 9.44. The Kier molecular flexibility index (Phi) is 10.9. The van der Waals surface area contributed by atoms with Gasteiger partial charge in [0, 0.05) is 23.6 Å². The first-order valence-corrected chi connectivity index (χ1v) is 12.9. The molecule has 11 nitrogen and oxygen atoms in total. The van der Waals surface area contributed by atoms with Gasteiger partial charge in [-0.15, -0.1) is 0 Å². The zero-order valence-electron chi connectivity index (χ0n) is 23.0. The number of benzene rings is 3. The molecule has 0 unspecified atom stereocenters. The van der Waals surface area contributed by atoms with E-state index in [0.717, 1.165) is 12.1 Å². The third-order valence-corrected chi connectivity index (χ3v) is 6.25. The number of rotatable bonds is 14. The van der Waals surface area contributed by atoms with Crippen LogP contribution in [0.1, 0.15) is 40.7 Å². The second kappa shape index (κ2) is 14.4. The number of aryl methyl sites for hydroxylation is 1. The number of carbonyl (C=O) groups is 2. The summed E-state index contributed by atoms with van der Waals surface area (Å²) in [4.78, 5) is 45.0. The van der Waals surface area contributed by atoms with Gasteiger partial charge in [-0.05, 0) is 73.4 Å². The van der Waals surface area contributed by atoms with E-state index in [4.69, 9.17) is 9.47 Å². The Morgan fingerprint density at radius 2 is 1.49 bits per heavy atom. The van der Waals surface area contributed by atoms with Crippen molar-refractivity contribution in [1.82, 2.24) is 0 Å². The number of nitro benzene ring substituents is 2. The van der Waals surface area contributed by atoms with E-state index < -0.39 is 64.7 Å². The lowest BCUT2D eigenvalue weighted by Gasteiger charge is -2.19. The van der Waals surface area contributed by atoms with Crippen molar-refractivity contribution in [2.24, 2.45) is 0 Å². The first-order chi connectivity index (χ1) is 21.1. The number of carboxylic acids is 1. The molecule has 0 bridgehead atoms. The molecule has 0 aliphatic carbocycles. The van der Waals surface area contributed by atoms with Gasteiger partial charge in [0.15, 0.2) is 0 Å². The number of alkyl halides is 5. The fourth-order valence-corrected chi connectivity index (χ4v) is 3.87. The SMILES string of the molecule is O=C(O)C(=Cc1ccc(OC(=O)c2ccc(OCCCC(F)(F)C(F)(F)F)cc2)cc1)CCc1ccc([N+](=O)[O-])cc1[N+](=O)[O-]. The molecule has 1 N–H and O–H groups in total. The first kappa shape index (κ1) is 34.1. The van der Waals surface area contributed by atoms with E-state index in [2.05, 4.69) is 0 Å². The Labute approximate surface area is 250 Å². The molecular weight excluding hydrogens is 615 g/mol. The van der Waals surface area contributed by atoms with Crippen LogP contribution < -0.4 is 9.47 Å². The standard InChI is InChI=1S/C29H23F5N2O9/c30-28(31,29(32,33)34)14-1-15-44-23-12-7-20(8-13-23)27(39)45-24-10-2-18(3-11-24)16-21(26(37)38)5-4-19-6-9-22(35(40)41)17-25(19)36(42)43/h2-3,6-13,16-17H,1,4-5,14-15H2,(H,37,38). The maximum atomic E-state index is 12.9. The minimum absolute atomic E-state index is 0.0726. The van der Waals surface area contributed by atoms with Gasteiger partial charge in [0.2, 0.25) is 0 Å². The molecule has 0 heterocycles. The topological polar surface area (TPSA) is 159 Å². The van der Waals surface area contributed by atoms with E-state index in [-0.39, 0.29) is 41.0 Å². The molecule has 3 aromatic rings. The molecule has 0 atom stereocenters. The van der Waals surface area contributed by atoms with Crippen LogP contribution in [-0.4, -0.2) is 45.6 Å². The number of carboxylic acid groups (broad SMARTS) is 1. The van der Waals surface area contributed by atoms with Gasteiger partial charge < -0.3 is 14.6 Å². The predicted octanol–water partition coefficient (Wildman–Crippen LogP) is 7.18. The highest BCUT2D eigenvalue weighted by molar-refractivity contribution is 5.92. The van der Waals surface area contributed by atoms with Crippen molar-refractivity contribution >= 4 is 29.4 Å². The van der Waals surface area contributed by atoms with Crippen LogP contribution in [0.3, 0.4) is 0 Å². The van der Waals surface area contributed by atoms with Crippen molar-refractivity contribution in [3.8, 4) is 11.5 Å². The van der Waals surface area contributed by atoms with Crippen molar-refractivity contribution in [1.29, 1.82) is 0 Å². The Bertz CT molecular complexity index is 1590. The Morgan fingerprint density at radius 1 is 0.867 bits per heavy atom. The molecular formula is C29H23F5N2O9. The molecule has 0 fully saturated rings. The van der Waals surface area contributed by atoms with Crippen LogP contribution in [0.25, 0.3) is 6.08 Å². The number of aliphatic carboxylic acids is 1. The minimum Gasteiger partial charge on any atom is -0.494 e. The lowest BCUT2D eigenvalue weighted by Crippen LogP contribution is -2.36. The van der Waals surface area contributed by atoms with Crippen molar-refractivity contribution in [2.45, 2.75) is 37.8 Å². The number of hydrogen-bond donors (Lipinski definition) is 1. The third kappa shape index (κ3) is 9.54. The smallest absolute Gasteiger partial charge is 0.453 e. The quantitative estimate of drug-likeness (QED) is 0.0367. The zero-order chi connectivity index (χ0) is 33.4. The number of ether oxygens (including phenoxy) is 2. The molecule has 0 aliphatic rings. The molecule has 0 spiro atoms. The molecule has 238 valence electrons. The van der Waals surface area contributed by atoms with Gasteiger partial charge in [0.25, 0.3) is 11.4 Å². The highest BCUT2D eigenvalue weighted by atomic mass is 19.4. The summed E-state index contributed by atoms with van der Waals surface area (Å²) in [6.45, 7) is -0.406. The van der Waals surface area contributed by atoms with Gasteiger partial charge >= 0.3 is 24.0 Å². The predicted molar refractivity (Wildman–Crippen MR) is 147 cm³/mol. The van der Waals surface area contributed by atoms with Gasteiger partial charge in [-0.25, -0.2) is 9.59 Å². The van der Waals surface area contributed by atoms with Gasteiger partial charge in [-0.1, -0.05) is 12.1 Å². The Balaban J connectivity index is 1.58. The van der Waals surface area contributed by atoms with Crippen LogP contribution in [-0.2, 0) is 11.2 Å². The number of hydrogen-bond acceptors (Lipinski definition) is 8. The lowest BCUT2D eigenvalue weighted by atomic mass is 10.0. The molecule has 3 rings (SSSR count). The van der Waals surface area contributed by atoms with Crippen LogP contribution in [0.5, 0.6) is 11.5 Å². The second-order valence-electron chi connectivity index (χ2n) is 9.44. The van der Waals surface area contributed by atoms with E-state index in [1.807, 2.05) is 0 Å². The number of carbonyl (C=O) groups excluding carboxylic acids is 1. The highest BCUT2D eigenvalue weighted by Gasteiger charge is 2.56. The number of nitrogens with zero attached hydrogens (tertiary/aromatic N) is 2.